The molecule has 6 heteroatoms. The minimum absolute atomic E-state index is 0.000126. The summed E-state index contributed by atoms with van der Waals surface area (Å²) in [7, 11) is 0. The van der Waals surface area contributed by atoms with Crippen LogP contribution in [0.25, 0.3) is 0 Å². The third kappa shape index (κ3) is 3.71. The van der Waals surface area contributed by atoms with Crippen LogP contribution >= 0.6 is 0 Å². The Labute approximate surface area is 128 Å². The smallest absolute Gasteiger partial charge is 0.342 e. The zero-order valence-corrected chi connectivity index (χ0v) is 12.4. The van der Waals surface area contributed by atoms with E-state index in [0.29, 0.717) is 6.54 Å². The molecular formula is C16H17N3O3. The predicted molar refractivity (Wildman–Crippen MR) is 78.8 cm³/mol. The second kappa shape index (κ2) is 6.41. The number of aromatic nitrogens is 2. The van der Waals surface area contributed by atoms with Crippen molar-refractivity contribution in [1.82, 2.24) is 9.55 Å². The molecule has 0 amide bonds. The molecule has 0 aromatic carbocycles. The van der Waals surface area contributed by atoms with E-state index in [1.165, 1.54) is 12.1 Å². The van der Waals surface area contributed by atoms with Crippen molar-refractivity contribution in [3.63, 3.8) is 0 Å². The third-order valence-corrected chi connectivity index (χ3v) is 3.26. The summed E-state index contributed by atoms with van der Waals surface area (Å²) in [6.07, 6.45) is 2.40. The van der Waals surface area contributed by atoms with E-state index in [-0.39, 0.29) is 11.6 Å². The normalized spacial score (nSPS) is 12.5. The van der Waals surface area contributed by atoms with Crippen LogP contribution in [-0.4, -0.2) is 26.7 Å². The van der Waals surface area contributed by atoms with Gasteiger partial charge in [0.2, 0.25) is 5.88 Å². The number of rotatable bonds is 5. The number of pyridine rings is 1. The fourth-order valence-corrected chi connectivity index (χ4v) is 2.04. The molecule has 2 aromatic rings. The van der Waals surface area contributed by atoms with Gasteiger partial charge >= 0.3 is 5.97 Å². The summed E-state index contributed by atoms with van der Waals surface area (Å²) in [5.41, 5.74) is -0.574. The van der Waals surface area contributed by atoms with Crippen LogP contribution in [-0.2, 0) is 11.3 Å². The summed E-state index contributed by atoms with van der Waals surface area (Å²) in [4.78, 5) is 15.9. The quantitative estimate of drug-likeness (QED) is 0.850. The lowest BCUT2D eigenvalue weighted by Crippen LogP contribution is -2.41. The molecule has 2 rings (SSSR count). The number of carbonyl (C=O) groups excluding carboxylic acids is 1. The number of nitriles is 1. The van der Waals surface area contributed by atoms with Crippen LogP contribution in [0, 0.1) is 16.7 Å². The Morgan fingerprint density at radius 3 is 2.73 bits per heavy atom. The second-order valence-electron chi connectivity index (χ2n) is 5.64. The minimum atomic E-state index is -1.32. The van der Waals surface area contributed by atoms with E-state index in [1.54, 1.807) is 19.9 Å². The van der Waals surface area contributed by atoms with Crippen molar-refractivity contribution in [2.24, 2.45) is 5.41 Å². The highest BCUT2D eigenvalue weighted by Gasteiger charge is 2.35. The fraction of sp³-hybridized carbons (Fsp3) is 0.312. The van der Waals surface area contributed by atoms with E-state index < -0.39 is 17.5 Å². The third-order valence-electron chi connectivity index (χ3n) is 3.26. The van der Waals surface area contributed by atoms with E-state index in [1.807, 2.05) is 35.2 Å². The molecule has 0 radical (unpaired) electrons. The lowest BCUT2D eigenvalue weighted by molar-refractivity contribution is -0.151. The molecule has 2 heterocycles. The summed E-state index contributed by atoms with van der Waals surface area (Å²) in [5, 5.41) is 19.0. The average Bonchev–Trinajstić information content (AvgIpc) is 2.98. The first-order valence-corrected chi connectivity index (χ1v) is 6.80. The van der Waals surface area contributed by atoms with Crippen molar-refractivity contribution in [2.45, 2.75) is 26.5 Å². The molecule has 0 fully saturated rings. The first-order valence-electron chi connectivity index (χ1n) is 6.80. The number of esters is 1. The van der Waals surface area contributed by atoms with Gasteiger partial charge in [0, 0.05) is 30.4 Å². The molecular weight excluding hydrogens is 282 g/mol. The number of ether oxygens (including phenoxy) is 1. The predicted octanol–water partition coefficient (Wildman–Crippen LogP) is 1.75. The van der Waals surface area contributed by atoms with E-state index in [4.69, 9.17) is 10.00 Å². The Kier molecular flexibility index (Phi) is 4.59. The number of aliphatic hydroxyl groups is 1. The van der Waals surface area contributed by atoms with Gasteiger partial charge in [0.1, 0.15) is 11.8 Å². The SMILES string of the molecule is CC(C)(Cn1cccc1)C(O)C(=O)Oc1cccc(C#N)n1. The molecule has 0 saturated heterocycles. The molecule has 1 atom stereocenters. The van der Waals surface area contributed by atoms with Crippen LogP contribution in [0.2, 0.25) is 0 Å². The minimum Gasteiger partial charge on any atom is -0.405 e. The van der Waals surface area contributed by atoms with Crippen LogP contribution in [0.5, 0.6) is 5.88 Å². The first kappa shape index (κ1) is 15.7. The highest BCUT2D eigenvalue weighted by molar-refractivity contribution is 5.77. The van der Waals surface area contributed by atoms with E-state index in [9.17, 15) is 9.90 Å². The van der Waals surface area contributed by atoms with Crippen molar-refractivity contribution in [3.05, 3.63) is 48.4 Å². The summed E-state index contributed by atoms with van der Waals surface area (Å²) in [6.45, 7) is 4.01. The van der Waals surface area contributed by atoms with Gasteiger partial charge in [-0.25, -0.2) is 9.78 Å². The van der Waals surface area contributed by atoms with Gasteiger partial charge in [-0.15, -0.1) is 0 Å². The number of aliphatic hydroxyl groups excluding tert-OH is 1. The number of carbonyl (C=O) groups is 1. The average molecular weight is 299 g/mol. The first-order chi connectivity index (χ1) is 10.4. The summed E-state index contributed by atoms with van der Waals surface area (Å²) >= 11 is 0. The molecule has 0 bridgehead atoms. The molecule has 6 nitrogen and oxygen atoms in total. The monoisotopic (exact) mass is 299 g/mol. The molecule has 0 aliphatic heterocycles. The molecule has 0 aliphatic carbocycles. The Bertz CT molecular complexity index is 687. The fourth-order valence-electron chi connectivity index (χ4n) is 2.04. The van der Waals surface area contributed by atoms with Gasteiger partial charge in [-0.2, -0.15) is 5.26 Å². The van der Waals surface area contributed by atoms with E-state index in [2.05, 4.69) is 4.98 Å². The Morgan fingerprint density at radius 1 is 1.41 bits per heavy atom. The number of nitrogens with zero attached hydrogens (tertiary/aromatic N) is 3. The zero-order valence-electron chi connectivity index (χ0n) is 12.4. The standard InChI is InChI=1S/C16H17N3O3/c1-16(2,11-19-8-3-4-9-19)14(20)15(21)22-13-7-5-6-12(10-17)18-13/h3-9,14,20H,11H2,1-2H3. The van der Waals surface area contributed by atoms with Gasteiger partial charge in [-0.05, 0) is 18.2 Å². The maximum Gasteiger partial charge on any atom is 0.342 e. The lowest BCUT2D eigenvalue weighted by atomic mass is 9.86. The Morgan fingerprint density at radius 2 is 2.09 bits per heavy atom. The topological polar surface area (TPSA) is 88.1 Å². The van der Waals surface area contributed by atoms with Crippen molar-refractivity contribution in [3.8, 4) is 11.9 Å². The van der Waals surface area contributed by atoms with Gasteiger partial charge in [0.25, 0.3) is 0 Å². The van der Waals surface area contributed by atoms with Gasteiger partial charge < -0.3 is 14.4 Å². The molecule has 0 aliphatic rings. The molecule has 22 heavy (non-hydrogen) atoms. The van der Waals surface area contributed by atoms with Gasteiger partial charge in [-0.1, -0.05) is 19.9 Å². The maximum absolute atomic E-state index is 12.1. The Balaban J connectivity index is 2.06. The second-order valence-corrected chi connectivity index (χ2v) is 5.64. The van der Waals surface area contributed by atoms with Crippen LogP contribution in [0.15, 0.2) is 42.7 Å². The van der Waals surface area contributed by atoms with Crippen LogP contribution < -0.4 is 4.74 Å². The van der Waals surface area contributed by atoms with Crippen molar-refractivity contribution < 1.29 is 14.6 Å². The lowest BCUT2D eigenvalue weighted by Gasteiger charge is -2.29. The van der Waals surface area contributed by atoms with Gasteiger partial charge in [0.15, 0.2) is 6.10 Å². The highest BCUT2D eigenvalue weighted by Crippen LogP contribution is 2.25. The molecule has 0 saturated carbocycles. The molecule has 1 unspecified atom stereocenters. The summed E-state index contributed by atoms with van der Waals surface area (Å²) < 4.78 is 6.94. The summed E-state index contributed by atoms with van der Waals surface area (Å²) in [5.74, 6) is -0.792. The van der Waals surface area contributed by atoms with Gasteiger partial charge in [0.05, 0.1) is 0 Å². The maximum atomic E-state index is 12.1. The van der Waals surface area contributed by atoms with Crippen molar-refractivity contribution >= 4 is 5.97 Å². The van der Waals surface area contributed by atoms with Crippen molar-refractivity contribution in [1.29, 1.82) is 5.26 Å². The van der Waals surface area contributed by atoms with Crippen LogP contribution in [0.3, 0.4) is 0 Å². The Hall–Kier alpha value is -2.65. The van der Waals surface area contributed by atoms with Crippen LogP contribution in [0.1, 0.15) is 19.5 Å². The van der Waals surface area contributed by atoms with Gasteiger partial charge in [-0.3, -0.25) is 0 Å². The molecule has 114 valence electrons. The largest absolute Gasteiger partial charge is 0.405 e. The van der Waals surface area contributed by atoms with Crippen LogP contribution in [0.4, 0.5) is 0 Å². The number of hydrogen-bond donors (Lipinski definition) is 1. The zero-order chi connectivity index (χ0) is 16.2. The summed E-state index contributed by atoms with van der Waals surface area (Å²) in [6, 6.07) is 10.1. The molecule has 1 N–H and O–H groups in total. The number of hydrogen-bond acceptors (Lipinski definition) is 5. The van der Waals surface area contributed by atoms with E-state index >= 15 is 0 Å². The molecule has 2 aromatic heterocycles. The van der Waals surface area contributed by atoms with E-state index in [0.717, 1.165) is 0 Å². The molecule has 0 spiro atoms. The highest BCUT2D eigenvalue weighted by atomic mass is 16.6. The van der Waals surface area contributed by atoms with Crippen molar-refractivity contribution in [2.75, 3.05) is 0 Å².